The number of rotatable bonds is 3. The first-order valence-electron chi connectivity index (χ1n) is 6.58. The summed E-state index contributed by atoms with van der Waals surface area (Å²) in [5.74, 6) is 1.35. The van der Waals surface area contributed by atoms with E-state index in [1.807, 2.05) is 24.3 Å². The van der Waals surface area contributed by atoms with Gasteiger partial charge in [-0.05, 0) is 11.6 Å². The first kappa shape index (κ1) is 13.4. The van der Waals surface area contributed by atoms with Crippen LogP contribution < -0.4 is 0 Å². The average Bonchev–Trinajstić information content (AvgIpc) is 3.18. The number of halogens is 1. The molecule has 0 fully saturated rings. The van der Waals surface area contributed by atoms with E-state index in [0.29, 0.717) is 23.0 Å². The van der Waals surface area contributed by atoms with Crippen LogP contribution in [0.15, 0.2) is 34.9 Å². The van der Waals surface area contributed by atoms with Crippen LogP contribution in [0.1, 0.15) is 17.3 Å². The number of hydrogen-bond acceptors (Lipinski definition) is 6. The van der Waals surface area contributed by atoms with E-state index in [0.717, 1.165) is 21.4 Å². The number of oxazole rings is 1. The summed E-state index contributed by atoms with van der Waals surface area (Å²) in [6, 6.07) is 7.68. The van der Waals surface area contributed by atoms with Crippen molar-refractivity contribution in [2.24, 2.45) is 0 Å². The summed E-state index contributed by atoms with van der Waals surface area (Å²) in [6.07, 6.45) is 2.16. The quantitative estimate of drug-likeness (QED) is 0.575. The first-order chi connectivity index (χ1) is 10.7. The van der Waals surface area contributed by atoms with Crippen molar-refractivity contribution in [2.45, 2.75) is 13.3 Å². The van der Waals surface area contributed by atoms with Crippen molar-refractivity contribution in [3.05, 3.63) is 52.8 Å². The van der Waals surface area contributed by atoms with E-state index in [9.17, 15) is 0 Å². The van der Waals surface area contributed by atoms with E-state index < -0.39 is 0 Å². The van der Waals surface area contributed by atoms with Gasteiger partial charge in [0.05, 0.1) is 0 Å². The van der Waals surface area contributed by atoms with E-state index in [1.165, 1.54) is 11.3 Å². The fourth-order valence-electron chi connectivity index (χ4n) is 2.14. The third-order valence-electron chi connectivity index (χ3n) is 3.20. The maximum atomic E-state index is 6.20. The third-order valence-corrected chi connectivity index (χ3v) is 4.49. The minimum atomic E-state index is 0.571. The predicted octanol–water partition coefficient (Wildman–Crippen LogP) is 3.39. The first-order valence-corrected chi connectivity index (χ1v) is 7.77. The molecule has 3 heterocycles. The van der Waals surface area contributed by atoms with Crippen molar-refractivity contribution >= 4 is 27.9 Å². The highest BCUT2D eigenvalue weighted by Crippen LogP contribution is 2.26. The lowest BCUT2D eigenvalue weighted by Crippen LogP contribution is -1.98. The van der Waals surface area contributed by atoms with E-state index in [4.69, 9.17) is 16.0 Å². The highest BCUT2D eigenvalue weighted by molar-refractivity contribution is 7.19. The summed E-state index contributed by atoms with van der Waals surface area (Å²) in [7, 11) is 0. The molecule has 4 aromatic rings. The van der Waals surface area contributed by atoms with Gasteiger partial charge in [0.2, 0.25) is 4.96 Å². The summed E-state index contributed by atoms with van der Waals surface area (Å²) >= 11 is 7.62. The summed E-state index contributed by atoms with van der Waals surface area (Å²) < 4.78 is 6.96. The molecule has 0 saturated heterocycles. The number of aryl methyl sites for hydroxylation is 1. The van der Waals surface area contributed by atoms with Crippen molar-refractivity contribution in [2.75, 3.05) is 0 Å². The summed E-state index contributed by atoms with van der Waals surface area (Å²) in [6.45, 7) is 1.80. The molecule has 0 saturated carbocycles. The number of benzene rings is 1. The van der Waals surface area contributed by atoms with Crippen LogP contribution in [0.4, 0.5) is 0 Å². The summed E-state index contributed by atoms with van der Waals surface area (Å²) in [5.41, 5.74) is 1.70. The number of nitrogens with zero attached hydrogens (tertiary/aromatic N) is 5. The molecule has 6 nitrogen and oxygen atoms in total. The Balaban J connectivity index is 1.73. The second kappa shape index (κ2) is 5.19. The predicted molar refractivity (Wildman–Crippen MR) is 83.2 cm³/mol. The van der Waals surface area contributed by atoms with Gasteiger partial charge in [0.15, 0.2) is 16.7 Å². The lowest BCUT2D eigenvalue weighted by Gasteiger charge is -2.00. The van der Waals surface area contributed by atoms with Gasteiger partial charge in [0, 0.05) is 18.4 Å². The standard InChI is InChI=1S/C14H10ClN5OS/c1-8-16-11(7-21-8)13-19-20-12(17-18-14(20)22-13)6-9-4-2-3-5-10(9)15/h2-5,7H,6H2,1H3. The topological polar surface area (TPSA) is 69.1 Å². The fraction of sp³-hybridized carbons (Fsp3) is 0.143. The highest BCUT2D eigenvalue weighted by Gasteiger charge is 2.16. The van der Waals surface area contributed by atoms with Crippen LogP contribution in [0.5, 0.6) is 0 Å². The Labute approximate surface area is 134 Å². The Kier molecular flexibility index (Phi) is 3.16. The van der Waals surface area contributed by atoms with Crippen LogP contribution in [0.25, 0.3) is 15.7 Å². The summed E-state index contributed by atoms with van der Waals surface area (Å²) in [4.78, 5) is 5.00. The second-order valence-electron chi connectivity index (χ2n) is 4.74. The van der Waals surface area contributed by atoms with Gasteiger partial charge in [0.25, 0.3) is 0 Å². The minimum Gasteiger partial charge on any atom is -0.449 e. The van der Waals surface area contributed by atoms with Gasteiger partial charge < -0.3 is 4.42 Å². The molecule has 0 amide bonds. The van der Waals surface area contributed by atoms with E-state index in [1.54, 1.807) is 17.7 Å². The van der Waals surface area contributed by atoms with Gasteiger partial charge in [-0.1, -0.05) is 41.1 Å². The monoisotopic (exact) mass is 331 g/mol. The fourth-order valence-corrected chi connectivity index (χ4v) is 3.16. The zero-order chi connectivity index (χ0) is 15.1. The zero-order valence-corrected chi connectivity index (χ0v) is 13.1. The van der Waals surface area contributed by atoms with Crippen molar-refractivity contribution < 1.29 is 4.42 Å². The van der Waals surface area contributed by atoms with Crippen LogP contribution in [-0.2, 0) is 6.42 Å². The van der Waals surface area contributed by atoms with Gasteiger partial charge >= 0.3 is 0 Å². The SMILES string of the molecule is Cc1nc(-c2nn3c(Cc4ccccc4Cl)nnc3s2)co1. The van der Waals surface area contributed by atoms with Crippen molar-refractivity contribution in [1.29, 1.82) is 0 Å². The largest absolute Gasteiger partial charge is 0.449 e. The Morgan fingerprint density at radius 3 is 2.91 bits per heavy atom. The van der Waals surface area contributed by atoms with Crippen molar-refractivity contribution in [1.82, 2.24) is 24.8 Å². The molecule has 0 N–H and O–H groups in total. The normalized spacial score (nSPS) is 11.4. The molecular formula is C14H10ClN5OS. The van der Waals surface area contributed by atoms with Gasteiger partial charge in [0.1, 0.15) is 12.0 Å². The Hall–Kier alpha value is -2.25. The maximum Gasteiger partial charge on any atom is 0.235 e. The Morgan fingerprint density at radius 1 is 1.27 bits per heavy atom. The molecule has 4 rings (SSSR count). The summed E-state index contributed by atoms with van der Waals surface area (Å²) in [5, 5.41) is 14.3. The molecular weight excluding hydrogens is 322 g/mol. The molecule has 0 unspecified atom stereocenters. The van der Waals surface area contributed by atoms with E-state index >= 15 is 0 Å². The lowest BCUT2D eigenvalue weighted by molar-refractivity contribution is 0.521. The molecule has 0 aliphatic heterocycles. The number of hydrogen-bond donors (Lipinski definition) is 0. The van der Waals surface area contributed by atoms with Crippen LogP contribution >= 0.6 is 22.9 Å². The third kappa shape index (κ3) is 2.28. The molecule has 0 aliphatic carbocycles. The maximum absolute atomic E-state index is 6.20. The van der Waals surface area contributed by atoms with E-state index in [-0.39, 0.29) is 0 Å². The molecule has 22 heavy (non-hydrogen) atoms. The minimum absolute atomic E-state index is 0.571. The molecule has 110 valence electrons. The second-order valence-corrected chi connectivity index (χ2v) is 6.10. The molecule has 0 bridgehead atoms. The van der Waals surface area contributed by atoms with Gasteiger partial charge in [-0.15, -0.1) is 10.2 Å². The molecule has 0 spiro atoms. The zero-order valence-electron chi connectivity index (χ0n) is 11.5. The Bertz CT molecular complexity index is 957. The molecule has 0 atom stereocenters. The highest BCUT2D eigenvalue weighted by atomic mass is 35.5. The average molecular weight is 332 g/mol. The van der Waals surface area contributed by atoms with Crippen molar-refractivity contribution in [3.8, 4) is 10.7 Å². The lowest BCUT2D eigenvalue weighted by atomic mass is 10.1. The molecule has 0 radical (unpaired) electrons. The van der Waals surface area contributed by atoms with E-state index in [2.05, 4.69) is 20.3 Å². The molecule has 3 aromatic heterocycles. The van der Waals surface area contributed by atoms with Gasteiger partial charge in [-0.3, -0.25) is 0 Å². The van der Waals surface area contributed by atoms with Crippen LogP contribution in [-0.4, -0.2) is 24.8 Å². The van der Waals surface area contributed by atoms with Gasteiger partial charge in [-0.2, -0.15) is 9.61 Å². The number of aromatic nitrogens is 5. The smallest absolute Gasteiger partial charge is 0.235 e. The molecule has 8 heteroatoms. The van der Waals surface area contributed by atoms with Gasteiger partial charge in [-0.25, -0.2) is 4.98 Å². The van der Waals surface area contributed by atoms with Crippen LogP contribution in [0, 0.1) is 6.92 Å². The Morgan fingerprint density at radius 2 is 2.14 bits per heavy atom. The van der Waals surface area contributed by atoms with Crippen molar-refractivity contribution in [3.63, 3.8) is 0 Å². The van der Waals surface area contributed by atoms with Crippen LogP contribution in [0.3, 0.4) is 0 Å². The molecule has 0 aliphatic rings. The van der Waals surface area contributed by atoms with Crippen LogP contribution in [0.2, 0.25) is 5.02 Å². The molecule has 1 aromatic carbocycles. The number of fused-ring (bicyclic) bond motifs is 1.